The Balaban J connectivity index is 4.60. The number of ether oxygens (including phenoxy) is 1. The first kappa shape index (κ1) is 15.9. The lowest BCUT2D eigenvalue weighted by molar-refractivity contribution is -0.153. The van der Waals surface area contributed by atoms with Crippen molar-refractivity contribution in [1.29, 1.82) is 5.26 Å². The molecule has 0 aliphatic heterocycles. The quantitative estimate of drug-likeness (QED) is 0.403. The Hall–Kier alpha value is -2.10. The molecule has 7 nitrogen and oxygen atoms in total. The largest absolute Gasteiger partial charge is 0.465 e. The van der Waals surface area contributed by atoms with Gasteiger partial charge < -0.3 is 15.0 Å². The molecular formula is C11H17N3O4. The van der Waals surface area contributed by atoms with E-state index in [0.29, 0.717) is 0 Å². The molecule has 7 heteroatoms. The summed E-state index contributed by atoms with van der Waals surface area (Å²) in [5.74, 6) is -2.34. The fraction of sp³-hybridized carbons (Fsp3) is 0.636. The monoisotopic (exact) mass is 255 g/mol. The van der Waals surface area contributed by atoms with Gasteiger partial charge in [0.05, 0.1) is 12.7 Å². The average Bonchev–Trinajstić information content (AvgIpc) is 2.32. The number of hydrogen-bond acceptors (Lipinski definition) is 5. The van der Waals surface area contributed by atoms with Crippen LogP contribution >= 0.6 is 0 Å². The zero-order chi connectivity index (χ0) is 14.1. The molecule has 0 spiro atoms. The second kappa shape index (κ2) is 8.06. The summed E-state index contributed by atoms with van der Waals surface area (Å²) >= 11 is 0. The molecule has 0 saturated carbocycles. The van der Waals surface area contributed by atoms with Crippen LogP contribution in [0, 0.1) is 11.3 Å². The van der Waals surface area contributed by atoms with E-state index in [1.54, 1.807) is 26.8 Å². The average molecular weight is 255 g/mol. The maximum absolute atomic E-state index is 11.7. The number of nitriles is 1. The van der Waals surface area contributed by atoms with Gasteiger partial charge in [-0.15, -0.1) is 0 Å². The van der Waals surface area contributed by atoms with Crippen LogP contribution in [0.3, 0.4) is 0 Å². The van der Waals surface area contributed by atoms with Gasteiger partial charge in [0.1, 0.15) is 13.1 Å². The van der Waals surface area contributed by atoms with Crippen LogP contribution in [-0.2, 0) is 19.1 Å². The van der Waals surface area contributed by atoms with Crippen molar-refractivity contribution < 1.29 is 19.1 Å². The predicted octanol–water partition coefficient (Wildman–Crippen LogP) is -0.574. The van der Waals surface area contributed by atoms with Crippen LogP contribution in [0.1, 0.15) is 20.8 Å². The molecular weight excluding hydrogens is 238 g/mol. The van der Waals surface area contributed by atoms with E-state index < -0.39 is 17.8 Å². The van der Waals surface area contributed by atoms with Crippen molar-refractivity contribution in [3.63, 3.8) is 0 Å². The summed E-state index contributed by atoms with van der Waals surface area (Å²) in [4.78, 5) is 35.5. The van der Waals surface area contributed by atoms with Gasteiger partial charge in [-0.2, -0.15) is 5.26 Å². The molecule has 0 saturated heterocycles. The van der Waals surface area contributed by atoms with E-state index >= 15 is 0 Å². The summed E-state index contributed by atoms with van der Waals surface area (Å²) in [6, 6.07) is 1.36. The summed E-state index contributed by atoms with van der Waals surface area (Å²) in [6.07, 6.45) is 0. The smallest absolute Gasteiger partial charge is 0.325 e. The van der Waals surface area contributed by atoms with E-state index in [-0.39, 0.29) is 25.7 Å². The number of rotatable bonds is 5. The van der Waals surface area contributed by atoms with Gasteiger partial charge >= 0.3 is 17.8 Å². The molecule has 0 unspecified atom stereocenters. The molecule has 0 aromatic carbocycles. The van der Waals surface area contributed by atoms with Crippen LogP contribution in [0.5, 0.6) is 0 Å². The summed E-state index contributed by atoms with van der Waals surface area (Å²) < 4.78 is 4.72. The first-order chi connectivity index (χ1) is 8.43. The van der Waals surface area contributed by atoms with E-state index in [1.807, 2.05) is 0 Å². The standard InChI is InChI=1S/C11H17N3O4/c1-4-18-9(15)7-14(8(2)3)11(17)10(16)13-6-5-12/h8H,4,6-7H2,1-3H3,(H,13,16). The van der Waals surface area contributed by atoms with Gasteiger partial charge in [0.2, 0.25) is 0 Å². The normalized spacial score (nSPS) is 9.50. The Morgan fingerprint density at radius 3 is 2.44 bits per heavy atom. The summed E-state index contributed by atoms with van der Waals surface area (Å²) in [6.45, 7) is 4.67. The van der Waals surface area contributed by atoms with Crippen LogP contribution in [0.25, 0.3) is 0 Å². The third-order valence-electron chi connectivity index (χ3n) is 2.01. The SMILES string of the molecule is CCOC(=O)CN(C(=O)C(=O)NCC#N)C(C)C. The number of amides is 2. The minimum absolute atomic E-state index is 0.208. The molecule has 0 aliphatic carbocycles. The third-order valence-corrected chi connectivity index (χ3v) is 2.01. The van der Waals surface area contributed by atoms with Crippen molar-refractivity contribution in [1.82, 2.24) is 10.2 Å². The molecule has 0 aromatic heterocycles. The van der Waals surface area contributed by atoms with Crippen molar-refractivity contribution in [2.75, 3.05) is 19.7 Å². The molecule has 0 atom stereocenters. The Bertz CT molecular complexity index is 360. The van der Waals surface area contributed by atoms with Gasteiger partial charge in [0.15, 0.2) is 0 Å². The summed E-state index contributed by atoms with van der Waals surface area (Å²) in [7, 11) is 0. The Morgan fingerprint density at radius 1 is 1.39 bits per heavy atom. The van der Waals surface area contributed by atoms with Crippen molar-refractivity contribution in [3.05, 3.63) is 0 Å². The van der Waals surface area contributed by atoms with Crippen molar-refractivity contribution in [2.24, 2.45) is 0 Å². The maximum atomic E-state index is 11.7. The molecule has 0 rings (SSSR count). The highest BCUT2D eigenvalue weighted by Gasteiger charge is 2.26. The van der Waals surface area contributed by atoms with E-state index in [1.165, 1.54) is 0 Å². The van der Waals surface area contributed by atoms with Crippen LogP contribution in [0.4, 0.5) is 0 Å². The van der Waals surface area contributed by atoms with Gasteiger partial charge in [-0.25, -0.2) is 0 Å². The van der Waals surface area contributed by atoms with Gasteiger partial charge in [-0.3, -0.25) is 14.4 Å². The maximum Gasteiger partial charge on any atom is 0.325 e. The summed E-state index contributed by atoms with van der Waals surface area (Å²) in [5, 5.41) is 10.4. The minimum atomic E-state index is -0.908. The molecule has 1 N–H and O–H groups in total. The lowest BCUT2D eigenvalue weighted by Gasteiger charge is -2.24. The highest BCUT2D eigenvalue weighted by Crippen LogP contribution is 2.00. The number of hydrogen-bond donors (Lipinski definition) is 1. The highest BCUT2D eigenvalue weighted by atomic mass is 16.5. The minimum Gasteiger partial charge on any atom is -0.465 e. The van der Waals surface area contributed by atoms with E-state index in [2.05, 4.69) is 5.32 Å². The second-order valence-electron chi connectivity index (χ2n) is 3.67. The molecule has 18 heavy (non-hydrogen) atoms. The Labute approximate surface area is 106 Å². The molecule has 2 amide bonds. The fourth-order valence-electron chi connectivity index (χ4n) is 1.16. The van der Waals surface area contributed by atoms with Crippen LogP contribution in [0.15, 0.2) is 0 Å². The van der Waals surface area contributed by atoms with Gasteiger partial charge in [0.25, 0.3) is 0 Å². The molecule has 0 aromatic rings. The molecule has 0 heterocycles. The molecule has 0 fully saturated rings. The Morgan fingerprint density at radius 2 is 2.00 bits per heavy atom. The Kier molecular flexibility index (Phi) is 7.12. The van der Waals surface area contributed by atoms with Crippen molar-refractivity contribution >= 4 is 17.8 Å². The second-order valence-corrected chi connectivity index (χ2v) is 3.67. The highest BCUT2D eigenvalue weighted by molar-refractivity contribution is 6.35. The molecule has 0 bridgehead atoms. The number of carbonyl (C=O) groups excluding carboxylic acids is 3. The van der Waals surface area contributed by atoms with Crippen LogP contribution < -0.4 is 5.32 Å². The van der Waals surface area contributed by atoms with Gasteiger partial charge in [-0.05, 0) is 20.8 Å². The zero-order valence-corrected chi connectivity index (χ0v) is 10.7. The van der Waals surface area contributed by atoms with Crippen molar-refractivity contribution in [2.45, 2.75) is 26.8 Å². The fourth-order valence-corrected chi connectivity index (χ4v) is 1.16. The van der Waals surface area contributed by atoms with Gasteiger partial charge in [-0.1, -0.05) is 0 Å². The van der Waals surface area contributed by atoms with E-state index in [9.17, 15) is 14.4 Å². The number of esters is 1. The topological polar surface area (TPSA) is 99.5 Å². The van der Waals surface area contributed by atoms with Crippen LogP contribution in [-0.4, -0.2) is 48.4 Å². The lowest BCUT2D eigenvalue weighted by atomic mass is 10.3. The first-order valence-electron chi connectivity index (χ1n) is 5.55. The van der Waals surface area contributed by atoms with E-state index in [4.69, 9.17) is 10.00 Å². The lowest BCUT2D eigenvalue weighted by Crippen LogP contribution is -2.48. The zero-order valence-electron chi connectivity index (χ0n) is 10.7. The molecule has 0 aliphatic rings. The number of nitrogens with one attached hydrogen (secondary N) is 1. The summed E-state index contributed by atoms with van der Waals surface area (Å²) in [5.41, 5.74) is 0. The molecule has 0 radical (unpaired) electrons. The first-order valence-corrected chi connectivity index (χ1v) is 5.55. The van der Waals surface area contributed by atoms with E-state index in [0.717, 1.165) is 4.90 Å². The van der Waals surface area contributed by atoms with Crippen molar-refractivity contribution in [3.8, 4) is 6.07 Å². The molecule has 100 valence electrons. The number of carbonyl (C=O) groups is 3. The van der Waals surface area contributed by atoms with Gasteiger partial charge in [0, 0.05) is 6.04 Å². The third kappa shape index (κ3) is 5.30. The predicted molar refractivity (Wildman–Crippen MR) is 62.1 cm³/mol. The number of nitrogens with zero attached hydrogens (tertiary/aromatic N) is 2. The van der Waals surface area contributed by atoms with Crippen LogP contribution in [0.2, 0.25) is 0 Å².